The molecule has 0 aliphatic rings. The highest BCUT2D eigenvalue weighted by Gasteiger charge is 2.04. The molecule has 1 nitrogen and oxygen atoms in total. The van der Waals surface area contributed by atoms with Gasteiger partial charge in [-0.1, -0.05) is 21.5 Å². The molecule has 1 unspecified atom stereocenters. The third-order valence-corrected chi connectivity index (χ3v) is 3.53. The predicted molar refractivity (Wildman–Crippen MR) is 70.3 cm³/mol. The summed E-state index contributed by atoms with van der Waals surface area (Å²) in [6, 6.07) is 8.10. The maximum atomic E-state index is 9.64. The minimum atomic E-state index is -0.295. The fraction of sp³-hybridized carbons (Fsp3) is 0.333. The van der Waals surface area contributed by atoms with Gasteiger partial charge in [-0.25, -0.2) is 0 Å². The van der Waals surface area contributed by atoms with Crippen molar-refractivity contribution < 1.29 is 5.11 Å². The average molecular weight is 287 g/mol. The molecule has 1 aromatic rings. The van der Waals surface area contributed by atoms with Gasteiger partial charge in [0.25, 0.3) is 0 Å². The number of aliphatic hydroxyl groups excluding tert-OH is 1. The van der Waals surface area contributed by atoms with E-state index in [1.54, 1.807) is 11.8 Å². The van der Waals surface area contributed by atoms with Crippen molar-refractivity contribution >= 4 is 27.7 Å². The number of aliphatic hydroxyl groups is 1. The van der Waals surface area contributed by atoms with Crippen LogP contribution in [0.1, 0.15) is 13.3 Å². The Morgan fingerprint density at radius 2 is 2.07 bits per heavy atom. The summed E-state index contributed by atoms with van der Waals surface area (Å²) in [5.74, 6) is 0.717. The topological polar surface area (TPSA) is 20.2 Å². The molecule has 0 aromatic heterocycles. The van der Waals surface area contributed by atoms with E-state index in [0.717, 1.165) is 10.0 Å². The summed E-state index contributed by atoms with van der Waals surface area (Å²) < 4.78 is 1.08. The number of benzene rings is 1. The summed E-state index contributed by atoms with van der Waals surface area (Å²) in [4.78, 5) is 1.18. The quantitative estimate of drug-likeness (QED) is 0.655. The molecular weight excluding hydrogens is 272 g/mol. The van der Waals surface area contributed by atoms with Crippen LogP contribution in [-0.2, 0) is 0 Å². The van der Waals surface area contributed by atoms with Crippen molar-refractivity contribution in [3.05, 3.63) is 40.9 Å². The SMILES string of the molecule is C=C(C)CC(O)CSc1ccc(Br)cc1. The molecule has 3 heteroatoms. The van der Waals surface area contributed by atoms with Crippen LogP contribution in [0.5, 0.6) is 0 Å². The lowest BCUT2D eigenvalue weighted by Gasteiger charge is -2.09. The molecule has 0 saturated heterocycles. The highest BCUT2D eigenvalue weighted by Crippen LogP contribution is 2.22. The molecule has 0 amide bonds. The molecule has 1 N–H and O–H groups in total. The van der Waals surface area contributed by atoms with E-state index >= 15 is 0 Å². The van der Waals surface area contributed by atoms with E-state index in [0.29, 0.717) is 12.2 Å². The highest BCUT2D eigenvalue weighted by molar-refractivity contribution is 9.10. The van der Waals surface area contributed by atoms with Crippen molar-refractivity contribution in [2.45, 2.75) is 24.3 Å². The summed E-state index contributed by atoms with van der Waals surface area (Å²) in [7, 11) is 0. The van der Waals surface area contributed by atoms with E-state index in [2.05, 4.69) is 22.5 Å². The molecule has 0 aliphatic heterocycles. The molecule has 82 valence electrons. The van der Waals surface area contributed by atoms with Gasteiger partial charge >= 0.3 is 0 Å². The van der Waals surface area contributed by atoms with Gasteiger partial charge in [-0.3, -0.25) is 0 Å². The molecular formula is C12H15BrOS. The van der Waals surface area contributed by atoms with Gasteiger partial charge in [0, 0.05) is 15.1 Å². The molecule has 0 radical (unpaired) electrons. The monoisotopic (exact) mass is 286 g/mol. The van der Waals surface area contributed by atoms with Crippen LogP contribution < -0.4 is 0 Å². The van der Waals surface area contributed by atoms with Gasteiger partial charge in [-0.2, -0.15) is 0 Å². The van der Waals surface area contributed by atoms with Gasteiger partial charge in [0.15, 0.2) is 0 Å². The molecule has 0 fully saturated rings. The average Bonchev–Trinajstić information content (AvgIpc) is 2.16. The zero-order chi connectivity index (χ0) is 11.3. The molecule has 0 heterocycles. The van der Waals surface area contributed by atoms with Gasteiger partial charge in [-0.05, 0) is 37.6 Å². The molecule has 1 rings (SSSR count). The van der Waals surface area contributed by atoms with Crippen LogP contribution >= 0.6 is 27.7 Å². The third-order valence-electron chi connectivity index (χ3n) is 1.84. The van der Waals surface area contributed by atoms with Gasteiger partial charge < -0.3 is 5.11 Å². The Balaban J connectivity index is 2.36. The summed E-state index contributed by atoms with van der Waals surface area (Å²) >= 11 is 5.06. The fourth-order valence-electron chi connectivity index (χ4n) is 1.18. The first-order valence-electron chi connectivity index (χ1n) is 4.78. The number of rotatable bonds is 5. The van der Waals surface area contributed by atoms with E-state index in [-0.39, 0.29) is 6.10 Å². The standard InChI is InChI=1S/C12H15BrOS/c1-9(2)7-11(14)8-15-12-5-3-10(13)4-6-12/h3-6,11,14H,1,7-8H2,2H3. The number of hydrogen-bond donors (Lipinski definition) is 1. The first-order chi connectivity index (χ1) is 7.08. The van der Waals surface area contributed by atoms with Crippen LogP contribution in [0.2, 0.25) is 0 Å². The van der Waals surface area contributed by atoms with E-state index in [1.165, 1.54) is 4.90 Å². The van der Waals surface area contributed by atoms with Gasteiger partial charge in [0.05, 0.1) is 6.10 Å². The number of hydrogen-bond acceptors (Lipinski definition) is 2. The largest absolute Gasteiger partial charge is 0.392 e. The van der Waals surface area contributed by atoms with Crippen molar-refractivity contribution in [1.82, 2.24) is 0 Å². The normalized spacial score (nSPS) is 12.5. The summed E-state index contributed by atoms with van der Waals surface area (Å²) in [5, 5.41) is 9.64. The van der Waals surface area contributed by atoms with E-state index in [1.807, 2.05) is 31.2 Å². The van der Waals surface area contributed by atoms with Crippen LogP contribution in [0.25, 0.3) is 0 Å². The zero-order valence-electron chi connectivity index (χ0n) is 8.74. The Kier molecular flexibility index (Phi) is 5.43. The van der Waals surface area contributed by atoms with Crippen LogP contribution in [0.3, 0.4) is 0 Å². The van der Waals surface area contributed by atoms with Crippen LogP contribution in [0.15, 0.2) is 45.8 Å². The van der Waals surface area contributed by atoms with E-state index < -0.39 is 0 Å². The Bertz CT molecular complexity index is 321. The molecule has 0 saturated carbocycles. The molecule has 15 heavy (non-hydrogen) atoms. The molecule has 0 spiro atoms. The lowest BCUT2D eigenvalue weighted by atomic mass is 10.2. The molecule has 1 aromatic carbocycles. The molecule has 0 bridgehead atoms. The summed E-state index contributed by atoms with van der Waals surface area (Å²) in [6.45, 7) is 5.72. The second kappa shape index (κ2) is 6.36. The fourth-order valence-corrected chi connectivity index (χ4v) is 2.28. The maximum Gasteiger partial charge on any atom is 0.0670 e. The van der Waals surface area contributed by atoms with Crippen molar-refractivity contribution in [3.63, 3.8) is 0 Å². The lowest BCUT2D eigenvalue weighted by Crippen LogP contribution is -2.09. The number of thioether (sulfide) groups is 1. The van der Waals surface area contributed by atoms with E-state index in [4.69, 9.17) is 0 Å². The van der Waals surface area contributed by atoms with Crippen molar-refractivity contribution in [3.8, 4) is 0 Å². The van der Waals surface area contributed by atoms with Crippen molar-refractivity contribution in [1.29, 1.82) is 0 Å². The Morgan fingerprint density at radius 3 is 2.60 bits per heavy atom. The molecule has 1 atom stereocenters. The van der Waals surface area contributed by atoms with Crippen LogP contribution in [0.4, 0.5) is 0 Å². The first-order valence-corrected chi connectivity index (χ1v) is 6.56. The smallest absolute Gasteiger partial charge is 0.0670 e. The lowest BCUT2D eigenvalue weighted by molar-refractivity contribution is 0.200. The molecule has 0 aliphatic carbocycles. The number of halogens is 1. The van der Waals surface area contributed by atoms with Gasteiger partial charge in [0.2, 0.25) is 0 Å². The van der Waals surface area contributed by atoms with Crippen molar-refractivity contribution in [2.75, 3.05) is 5.75 Å². The van der Waals surface area contributed by atoms with Crippen LogP contribution in [-0.4, -0.2) is 17.0 Å². The summed E-state index contributed by atoms with van der Waals surface area (Å²) in [5.41, 5.74) is 1.03. The van der Waals surface area contributed by atoms with Gasteiger partial charge in [-0.15, -0.1) is 18.3 Å². The Labute approximate surface area is 104 Å². The highest BCUT2D eigenvalue weighted by atomic mass is 79.9. The van der Waals surface area contributed by atoms with Gasteiger partial charge in [0.1, 0.15) is 0 Å². The third kappa shape index (κ3) is 5.40. The van der Waals surface area contributed by atoms with Crippen molar-refractivity contribution in [2.24, 2.45) is 0 Å². The minimum absolute atomic E-state index is 0.295. The van der Waals surface area contributed by atoms with E-state index in [9.17, 15) is 5.11 Å². The maximum absolute atomic E-state index is 9.64. The zero-order valence-corrected chi connectivity index (χ0v) is 11.1. The summed E-state index contributed by atoms with van der Waals surface area (Å²) in [6.07, 6.45) is 0.389. The predicted octanol–water partition coefficient (Wildman–Crippen LogP) is 3.87. The minimum Gasteiger partial charge on any atom is -0.392 e. The Hall–Kier alpha value is -0.250. The van der Waals surface area contributed by atoms with Crippen LogP contribution in [0, 0.1) is 0 Å². The first kappa shape index (κ1) is 12.8. The second-order valence-corrected chi connectivity index (χ2v) is 5.59. The second-order valence-electron chi connectivity index (χ2n) is 3.58. The Morgan fingerprint density at radius 1 is 1.47 bits per heavy atom.